The maximum Gasteiger partial charge on any atom is 0.315 e. The van der Waals surface area contributed by atoms with Crippen molar-refractivity contribution in [3.63, 3.8) is 0 Å². The lowest BCUT2D eigenvalue weighted by molar-refractivity contribution is 0.238. The van der Waals surface area contributed by atoms with Crippen molar-refractivity contribution in [1.82, 2.24) is 16.0 Å². The third-order valence-corrected chi connectivity index (χ3v) is 1.26. The Morgan fingerprint density at radius 3 is 2.50 bits per heavy atom. The molecular weight excluding hydrogens is 154 g/mol. The van der Waals surface area contributed by atoms with E-state index in [0.29, 0.717) is 6.54 Å². The Balaban J connectivity index is 3.20. The van der Waals surface area contributed by atoms with Crippen LogP contribution in [0.5, 0.6) is 0 Å². The number of likely N-dealkylation sites (N-methyl/N-ethyl adjacent to an activating group) is 1. The normalized spacial score (nSPS) is 10.0. The van der Waals surface area contributed by atoms with Crippen molar-refractivity contribution >= 4 is 6.03 Å². The quantitative estimate of drug-likeness (QED) is 0.524. The molecule has 4 heteroatoms. The van der Waals surface area contributed by atoms with Crippen LogP contribution in [0.4, 0.5) is 4.79 Å². The predicted molar refractivity (Wildman–Crippen MR) is 50.2 cm³/mol. The van der Waals surface area contributed by atoms with Crippen LogP contribution in [-0.2, 0) is 0 Å². The Hall–Kier alpha value is -0.770. The van der Waals surface area contributed by atoms with Gasteiger partial charge in [-0.15, -0.1) is 0 Å². The van der Waals surface area contributed by atoms with Crippen LogP contribution in [-0.4, -0.2) is 31.7 Å². The van der Waals surface area contributed by atoms with Crippen molar-refractivity contribution in [2.45, 2.75) is 26.8 Å². The Morgan fingerprint density at radius 2 is 2.00 bits per heavy atom. The molecule has 12 heavy (non-hydrogen) atoms. The van der Waals surface area contributed by atoms with E-state index in [9.17, 15) is 4.79 Å². The highest BCUT2D eigenvalue weighted by atomic mass is 16.2. The van der Waals surface area contributed by atoms with Crippen molar-refractivity contribution in [2.24, 2.45) is 0 Å². The summed E-state index contributed by atoms with van der Waals surface area (Å²) >= 11 is 0. The van der Waals surface area contributed by atoms with Crippen molar-refractivity contribution in [2.75, 3.05) is 19.6 Å². The third-order valence-electron chi connectivity index (χ3n) is 1.26. The summed E-state index contributed by atoms with van der Waals surface area (Å²) < 4.78 is 0. The van der Waals surface area contributed by atoms with Crippen LogP contribution in [0.3, 0.4) is 0 Å². The van der Waals surface area contributed by atoms with Gasteiger partial charge in [0.1, 0.15) is 0 Å². The number of hydrogen-bond donors (Lipinski definition) is 3. The van der Waals surface area contributed by atoms with Crippen molar-refractivity contribution in [3.8, 4) is 0 Å². The van der Waals surface area contributed by atoms with Gasteiger partial charge < -0.3 is 16.0 Å². The molecule has 0 heterocycles. The number of urea groups is 1. The summed E-state index contributed by atoms with van der Waals surface area (Å²) in [6, 6.07) is 0.104. The Kier molecular flexibility index (Phi) is 6.47. The van der Waals surface area contributed by atoms with Crippen LogP contribution in [0.25, 0.3) is 0 Å². The fourth-order valence-electron chi connectivity index (χ4n) is 0.754. The number of carbonyl (C=O) groups is 1. The average molecular weight is 173 g/mol. The zero-order valence-electron chi connectivity index (χ0n) is 8.11. The van der Waals surface area contributed by atoms with Gasteiger partial charge in [-0.2, -0.15) is 0 Å². The van der Waals surface area contributed by atoms with Crippen LogP contribution in [0.15, 0.2) is 0 Å². The van der Waals surface area contributed by atoms with Gasteiger partial charge in [0, 0.05) is 19.1 Å². The Bertz CT molecular complexity index is 125. The van der Waals surface area contributed by atoms with Gasteiger partial charge in [0.15, 0.2) is 0 Å². The summed E-state index contributed by atoms with van der Waals surface area (Å²) in [7, 11) is 0. The van der Waals surface area contributed by atoms with E-state index in [1.165, 1.54) is 0 Å². The minimum absolute atomic E-state index is 0.0945. The molecule has 72 valence electrons. The molecule has 0 fully saturated rings. The summed E-state index contributed by atoms with van der Waals surface area (Å²) in [6.45, 7) is 8.34. The van der Waals surface area contributed by atoms with E-state index in [2.05, 4.69) is 16.0 Å². The largest absolute Gasteiger partial charge is 0.337 e. The number of hydrogen-bond acceptors (Lipinski definition) is 2. The number of rotatable bonds is 5. The van der Waals surface area contributed by atoms with Gasteiger partial charge in [0.05, 0.1) is 0 Å². The van der Waals surface area contributed by atoms with Crippen LogP contribution in [0, 0.1) is 0 Å². The molecule has 0 radical (unpaired) electrons. The van der Waals surface area contributed by atoms with Crippen LogP contribution in [0.1, 0.15) is 20.8 Å². The Morgan fingerprint density at radius 1 is 1.33 bits per heavy atom. The molecule has 2 amide bonds. The van der Waals surface area contributed by atoms with E-state index in [4.69, 9.17) is 0 Å². The van der Waals surface area contributed by atoms with E-state index in [1.807, 2.05) is 20.8 Å². The lowest BCUT2D eigenvalue weighted by atomic mass is 10.4. The van der Waals surface area contributed by atoms with Crippen LogP contribution in [0.2, 0.25) is 0 Å². The molecule has 0 saturated carbocycles. The second kappa shape index (κ2) is 6.91. The molecule has 0 aliphatic rings. The lowest BCUT2D eigenvalue weighted by Gasteiger charge is -2.09. The molecule has 0 spiro atoms. The van der Waals surface area contributed by atoms with Crippen molar-refractivity contribution in [1.29, 1.82) is 0 Å². The smallest absolute Gasteiger partial charge is 0.315 e. The molecular formula is C8H19N3O. The summed E-state index contributed by atoms with van der Waals surface area (Å²) in [5, 5.41) is 8.59. The Labute approximate surface area is 74.1 Å². The molecule has 3 N–H and O–H groups in total. The van der Waals surface area contributed by atoms with E-state index < -0.39 is 0 Å². The molecule has 0 unspecified atom stereocenters. The first kappa shape index (κ1) is 11.2. The number of amides is 2. The van der Waals surface area contributed by atoms with Gasteiger partial charge in [-0.1, -0.05) is 6.92 Å². The minimum Gasteiger partial charge on any atom is -0.337 e. The molecule has 0 aliphatic heterocycles. The monoisotopic (exact) mass is 173 g/mol. The first-order valence-electron chi connectivity index (χ1n) is 4.42. The van der Waals surface area contributed by atoms with Gasteiger partial charge in [0.25, 0.3) is 0 Å². The fourth-order valence-corrected chi connectivity index (χ4v) is 0.754. The second-order valence-electron chi connectivity index (χ2n) is 2.91. The number of carbonyl (C=O) groups excluding carboxylic acids is 1. The summed E-state index contributed by atoms with van der Waals surface area (Å²) in [4.78, 5) is 11.0. The summed E-state index contributed by atoms with van der Waals surface area (Å²) in [5.74, 6) is 0. The van der Waals surface area contributed by atoms with Gasteiger partial charge in [0.2, 0.25) is 0 Å². The van der Waals surface area contributed by atoms with Gasteiger partial charge in [-0.05, 0) is 20.4 Å². The van der Waals surface area contributed by atoms with Crippen molar-refractivity contribution < 1.29 is 4.79 Å². The molecule has 0 saturated heterocycles. The zero-order chi connectivity index (χ0) is 9.40. The van der Waals surface area contributed by atoms with Gasteiger partial charge in [-0.25, -0.2) is 4.79 Å². The highest BCUT2D eigenvalue weighted by Crippen LogP contribution is 1.74. The molecule has 0 aromatic carbocycles. The lowest BCUT2D eigenvalue weighted by Crippen LogP contribution is -2.42. The van der Waals surface area contributed by atoms with E-state index in [-0.39, 0.29) is 12.1 Å². The van der Waals surface area contributed by atoms with Crippen molar-refractivity contribution in [3.05, 3.63) is 0 Å². The first-order chi connectivity index (χ1) is 5.66. The van der Waals surface area contributed by atoms with E-state index in [1.54, 1.807) is 0 Å². The van der Waals surface area contributed by atoms with E-state index >= 15 is 0 Å². The van der Waals surface area contributed by atoms with E-state index in [0.717, 1.165) is 13.1 Å². The third kappa shape index (κ3) is 7.34. The SMILES string of the molecule is CCNCCNC(=O)NC(C)C. The van der Waals surface area contributed by atoms with Crippen LogP contribution >= 0.6 is 0 Å². The zero-order valence-corrected chi connectivity index (χ0v) is 8.11. The average Bonchev–Trinajstić information content (AvgIpc) is 1.97. The molecule has 0 bridgehead atoms. The maximum absolute atomic E-state index is 11.0. The molecule has 4 nitrogen and oxygen atoms in total. The topological polar surface area (TPSA) is 53.2 Å². The first-order valence-corrected chi connectivity index (χ1v) is 4.42. The molecule has 0 aliphatic carbocycles. The summed E-state index contributed by atoms with van der Waals surface area (Å²) in [5.41, 5.74) is 0. The minimum atomic E-state index is -0.0945. The predicted octanol–water partition coefficient (Wildman–Crippen LogP) is 0.304. The van der Waals surface area contributed by atoms with Gasteiger partial charge >= 0.3 is 6.03 Å². The highest BCUT2D eigenvalue weighted by molar-refractivity contribution is 5.74. The van der Waals surface area contributed by atoms with Gasteiger partial charge in [-0.3, -0.25) is 0 Å². The fraction of sp³-hybridized carbons (Fsp3) is 0.875. The molecule has 0 aromatic heterocycles. The number of nitrogens with one attached hydrogen (secondary N) is 3. The molecule has 0 atom stereocenters. The molecule has 0 rings (SSSR count). The molecule has 0 aromatic rings. The standard InChI is InChI=1S/C8H19N3O/c1-4-9-5-6-10-8(12)11-7(2)3/h7,9H,4-6H2,1-3H3,(H2,10,11,12). The highest BCUT2D eigenvalue weighted by Gasteiger charge is 1.99. The van der Waals surface area contributed by atoms with Crippen LogP contribution < -0.4 is 16.0 Å². The summed E-state index contributed by atoms with van der Waals surface area (Å²) in [6.07, 6.45) is 0. The second-order valence-corrected chi connectivity index (χ2v) is 2.91. The maximum atomic E-state index is 11.0.